The number of carboxylic acids is 1. The fourth-order valence-electron chi connectivity index (χ4n) is 2.07. The summed E-state index contributed by atoms with van der Waals surface area (Å²) in [7, 11) is 0. The molecule has 0 amide bonds. The molecule has 0 saturated heterocycles. The minimum atomic E-state index is -1.17. The van der Waals surface area contributed by atoms with Crippen LogP contribution in [0.3, 0.4) is 0 Å². The highest BCUT2D eigenvalue weighted by Crippen LogP contribution is 2.22. The normalized spacial score (nSPS) is 14.2. The van der Waals surface area contributed by atoms with Crippen molar-refractivity contribution in [3.63, 3.8) is 0 Å². The topological polar surface area (TPSA) is 58.6 Å². The van der Waals surface area contributed by atoms with Gasteiger partial charge in [-0.15, -0.1) is 0 Å². The molecule has 0 heterocycles. The zero-order valence-corrected chi connectivity index (χ0v) is 12.6. The van der Waals surface area contributed by atoms with E-state index in [0.29, 0.717) is 19.1 Å². The van der Waals surface area contributed by atoms with Crippen LogP contribution >= 0.6 is 0 Å². The number of nitrogens with one attached hydrogen (secondary N) is 1. The molecule has 0 aliphatic heterocycles. The van der Waals surface area contributed by atoms with Gasteiger partial charge in [0.05, 0.1) is 6.61 Å². The maximum absolute atomic E-state index is 11.8. The maximum Gasteiger partial charge on any atom is 0.331 e. The minimum Gasteiger partial charge on any atom is -0.480 e. The predicted octanol–water partition coefficient (Wildman–Crippen LogP) is 2.64. The molecule has 0 radical (unpaired) electrons. The fourth-order valence-corrected chi connectivity index (χ4v) is 2.07. The van der Waals surface area contributed by atoms with Gasteiger partial charge in [-0.3, -0.25) is 5.32 Å². The Labute approximate surface area is 121 Å². The standard InChI is InChI=1S/C16H25NO3/c1-4-17-16(15(18)19,12-20-11-10-13(2)3)14-8-6-5-7-9-14/h5-9,13,17H,4,10-12H2,1-3H3,(H,18,19). The predicted molar refractivity (Wildman–Crippen MR) is 79.7 cm³/mol. The summed E-state index contributed by atoms with van der Waals surface area (Å²) < 4.78 is 5.63. The third-order valence-corrected chi connectivity index (χ3v) is 3.27. The Morgan fingerprint density at radius 1 is 1.35 bits per heavy atom. The number of carbonyl (C=O) groups is 1. The van der Waals surface area contributed by atoms with E-state index in [4.69, 9.17) is 4.74 Å². The van der Waals surface area contributed by atoms with Crippen LogP contribution in [-0.4, -0.2) is 30.8 Å². The summed E-state index contributed by atoms with van der Waals surface area (Å²) in [6, 6.07) is 9.21. The van der Waals surface area contributed by atoms with Gasteiger partial charge in [0, 0.05) is 6.61 Å². The van der Waals surface area contributed by atoms with E-state index >= 15 is 0 Å². The average Bonchev–Trinajstić information content (AvgIpc) is 2.42. The minimum absolute atomic E-state index is 0.132. The Kier molecular flexibility index (Phi) is 6.68. The van der Waals surface area contributed by atoms with Gasteiger partial charge < -0.3 is 9.84 Å². The first-order chi connectivity index (χ1) is 9.53. The SMILES string of the molecule is CCNC(COCCC(C)C)(C(=O)O)c1ccccc1. The Morgan fingerprint density at radius 3 is 2.50 bits per heavy atom. The van der Waals surface area contributed by atoms with E-state index in [1.54, 1.807) is 0 Å². The summed E-state index contributed by atoms with van der Waals surface area (Å²) >= 11 is 0. The highest BCUT2D eigenvalue weighted by Gasteiger charge is 2.40. The number of rotatable bonds is 9. The molecule has 1 atom stereocenters. The summed E-state index contributed by atoms with van der Waals surface area (Å²) in [5.74, 6) is -0.361. The third kappa shape index (κ3) is 4.32. The van der Waals surface area contributed by atoms with Gasteiger partial charge >= 0.3 is 5.97 Å². The lowest BCUT2D eigenvalue weighted by Gasteiger charge is -2.30. The van der Waals surface area contributed by atoms with Crippen LogP contribution in [0.1, 0.15) is 32.8 Å². The van der Waals surface area contributed by atoms with Crippen LogP contribution in [-0.2, 0) is 15.1 Å². The molecule has 4 heteroatoms. The molecule has 0 aliphatic carbocycles. The first-order valence-corrected chi connectivity index (χ1v) is 7.14. The van der Waals surface area contributed by atoms with Crippen molar-refractivity contribution >= 4 is 5.97 Å². The molecule has 0 bridgehead atoms. The summed E-state index contributed by atoms with van der Waals surface area (Å²) in [4.78, 5) is 11.8. The van der Waals surface area contributed by atoms with Crippen molar-refractivity contribution in [2.75, 3.05) is 19.8 Å². The van der Waals surface area contributed by atoms with Gasteiger partial charge in [-0.25, -0.2) is 4.79 Å². The summed E-state index contributed by atoms with van der Waals surface area (Å²) in [5.41, 5.74) is -0.452. The molecule has 0 saturated carbocycles. The molecule has 1 rings (SSSR count). The average molecular weight is 279 g/mol. The van der Waals surface area contributed by atoms with Crippen LogP contribution in [0.15, 0.2) is 30.3 Å². The van der Waals surface area contributed by atoms with Gasteiger partial charge in [0.25, 0.3) is 0 Å². The molecular weight excluding hydrogens is 254 g/mol. The number of hydrogen-bond acceptors (Lipinski definition) is 3. The van der Waals surface area contributed by atoms with Gasteiger partial charge in [0.2, 0.25) is 0 Å². The van der Waals surface area contributed by atoms with Crippen molar-refractivity contribution in [2.45, 2.75) is 32.7 Å². The summed E-state index contributed by atoms with van der Waals surface area (Å²) in [6.07, 6.45) is 0.927. The fraction of sp³-hybridized carbons (Fsp3) is 0.562. The molecule has 112 valence electrons. The van der Waals surface area contributed by atoms with Crippen LogP contribution < -0.4 is 5.32 Å². The Morgan fingerprint density at radius 2 is 2.00 bits per heavy atom. The summed E-state index contributed by atoms with van der Waals surface area (Å²) in [5, 5.41) is 12.7. The van der Waals surface area contributed by atoms with E-state index in [1.165, 1.54) is 0 Å². The zero-order chi connectivity index (χ0) is 15.0. The van der Waals surface area contributed by atoms with Crippen LogP contribution in [0.4, 0.5) is 0 Å². The molecule has 0 aliphatic rings. The lowest BCUT2D eigenvalue weighted by atomic mass is 9.90. The van der Waals surface area contributed by atoms with Crippen LogP contribution in [0.2, 0.25) is 0 Å². The van der Waals surface area contributed by atoms with E-state index in [0.717, 1.165) is 12.0 Å². The van der Waals surface area contributed by atoms with Gasteiger partial charge in [-0.05, 0) is 24.4 Å². The second-order valence-corrected chi connectivity index (χ2v) is 5.34. The number of hydrogen-bond donors (Lipinski definition) is 2. The second-order valence-electron chi connectivity index (χ2n) is 5.34. The van der Waals surface area contributed by atoms with Crippen LogP contribution in [0, 0.1) is 5.92 Å². The zero-order valence-electron chi connectivity index (χ0n) is 12.6. The van der Waals surface area contributed by atoms with Crippen molar-refractivity contribution in [1.29, 1.82) is 0 Å². The quantitative estimate of drug-likeness (QED) is 0.682. The number of likely N-dealkylation sites (N-methyl/N-ethyl adjacent to an activating group) is 1. The number of benzene rings is 1. The van der Waals surface area contributed by atoms with Crippen molar-refractivity contribution in [3.8, 4) is 0 Å². The van der Waals surface area contributed by atoms with Crippen LogP contribution in [0.5, 0.6) is 0 Å². The van der Waals surface area contributed by atoms with Crippen molar-refractivity contribution < 1.29 is 14.6 Å². The molecule has 1 unspecified atom stereocenters. The molecule has 2 N–H and O–H groups in total. The van der Waals surface area contributed by atoms with Gasteiger partial charge in [-0.1, -0.05) is 51.1 Å². The van der Waals surface area contributed by atoms with Crippen molar-refractivity contribution in [2.24, 2.45) is 5.92 Å². The monoisotopic (exact) mass is 279 g/mol. The largest absolute Gasteiger partial charge is 0.480 e. The number of ether oxygens (including phenoxy) is 1. The second kappa shape index (κ2) is 8.02. The molecule has 0 aromatic heterocycles. The van der Waals surface area contributed by atoms with E-state index in [9.17, 15) is 9.90 Å². The van der Waals surface area contributed by atoms with E-state index in [2.05, 4.69) is 19.2 Å². The maximum atomic E-state index is 11.8. The molecule has 0 spiro atoms. The van der Waals surface area contributed by atoms with Gasteiger partial charge in [-0.2, -0.15) is 0 Å². The molecular formula is C16H25NO3. The molecule has 1 aromatic rings. The molecule has 4 nitrogen and oxygen atoms in total. The number of carboxylic acid groups (broad SMARTS) is 1. The first kappa shape index (κ1) is 16.7. The van der Waals surface area contributed by atoms with Crippen molar-refractivity contribution in [3.05, 3.63) is 35.9 Å². The van der Waals surface area contributed by atoms with Gasteiger partial charge in [0.1, 0.15) is 0 Å². The van der Waals surface area contributed by atoms with E-state index < -0.39 is 11.5 Å². The van der Waals surface area contributed by atoms with E-state index in [1.807, 2.05) is 37.3 Å². The lowest BCUT2D eigenvalue weighted by molar-refractivity contribution is -0.148. The highest BCUT2D eigenvalue weighted by molar-refractivity contribution is 5.81. The lowest BCUT2D eigenvalue weighted by Crippen LogP contribution is -2.52. The molecule has 1 aromatic carbocycles. The smallest absolute Gasteiger partial charge is 0.331 e. The Balaban J connectivity index is 2.86. The highest BCUT2D eigenvalue weighted by atomic mass is 16.5. The Hall–Kier alpha value is -1.39. The molecule has 20 heavy (non-hydrogen) atoms. The van der Waals surface area contributed by atoms with Gasteiger partial charge in [0.15, 0.2) is 5.54 Å². The molecule has 0 fully saturated rings. The summed E-state index contributed by atoms with van der Waals surface area (Å²) in [6.45, 7) is 7.41. The number of aliphatic carboxylic acids is 1. The third-order valence-electron chi connectivity index (χ3n) is 3.27. The van der Waals surface area contributed by atoms with E-state index in [-0.39, 0.29) is 6.61 Å². The van der Waals surface area contributed by atoms with Crippen molar-refractivity contribution in [1.82, 2.24) is 5.32 Å². The van der Waals surface area contributed by atoms with Crippen LogP contribution in [0.25, 0.3) is 0 Å². The first-order valence-electron chi connectivity index (χ1n) is 7.14. The Bertz CT molecular complexity index is 405.